The standard InChI is InChI=1S/C18H26N4O2/c1-12-10-14(20-16-8-9-19-22(12)16)13-6-7-15(21(5)11-13)17(23)24-18(2,3)4/h8-10,13,15H,6-7,11H2,1-5H3. The summed E-state index contributed by atoms with van der Waals surface area (Å²) in [6.45, 7) is 8.57. The fourth-order valence-electron chi connectivity index (χ4n) is 3.36. The van der Waals surface area contributed by atoms with Gasteiger partial charge in [-0.1, -0.05) is 0 Å². The third-order valence-corrected chi connectivity index (χ3v) is 4.48. The molecule has 2 aromatic rings. The molecule has 6 heteroatoms. The fourth-order valence-corrected chi connectivity index (χ4v) is 3.36. The summed E-state index contributed by atoms with van der Waals surface area (Å²) in [5.41, 5.74) is 2.59. The molecule has 6 nitrogen and oxygen atoms in total. The molecule has 0 N–H and O–H groups in total. The first-order valence-corrected chi connectivity index (χ1v) is 8.49. The molecule has 3 rings (SSSR count). The Labute approximate surface area is 142 Å². The summed E-state index contributed by atoms with van der Waals surface area (Å²) >= 11 is 0. The van der Waals surface area contributed by atoms with E-state index in [9.17, 15) is 4.79 Å². The molecule has 0 spiro atoms. The number of carbonyl (C=O) groups excluding carboxylic acids is 1. The quantitative estimate of drug-likeness (QED) is 0.792. The van der Waals surface area contributed by atoms with Gasteiger partial charge >= 0.3 is 5.97 Å². The fraction of sp³-hybridized carbons (Fsp3) is 0.611. The average molecular weight is 330 g/mol. The van der Waals surface area contributed by atoms with Crippen molar-refractivity contribution in [3.8, 4) is 0 Å². The van der Waals surface area contributed by atoms with Crippen molar-refractivity contribution in [3.63, 3.8) is 0 Å². The number of rotatable bonds is 2. The highest BCUT2D eigenvalue weighted by Crippen LogP contribution is 2.30. The van der Waals surface area contributed by atoms with Crippen molar-refractivity contribution in [1.29, 1.82) is 0 Å². The summed E-state index contributed by atoms with van der Waals surface area (Å²) in [7, 11) is 1.99. The van der Waals surface area contributed by atoms with E-state index in [4.69, 9.17) is 9.72 Å². The second-order valence-electron chi connectivity index (χ2n) is 7.69. The van der Waals surface area contributed by atoms with Gasteiger partial charge in [-0.3, -0.25) is 9.69 Å². The Morgan fingerprint density at radius 1 is 1.33 bits per heavy atom. The average Bonchev–Trinajstić information content (AvgIpc) is 2.94. The van der Waals surface area contributed by atoms with Crippen LogP contribution >= 0.6 is 0 Å². The molecule has 3 heterocycles. The molecule has 2 unspecified atom stereocenters. The normalized spacial score (nSPS) is 22.7. The van der Waals surface area contributed by atoms with Gasteiger partial charge in [0.25, 0.3) is 0 Å². The lowest BCUT2D eigenvalue weighted by Gasteiger charge is -2.36. The van der Waals surface area contributed by atoms with Crippen LogP contribution in [0.2, 0.25) is 0 Å². The van der Waals surface area contributed by atoms with Gasteiger partial charge in [0.1, 0.15) is 11.6 Å². The summed E-state index contributed by atoms with van der Waals surface area (Å²) in [5, 5.41) is 4.27. The van der Waals surface area contributed by atoms with Gasteiger partial charge < -0.3 is 4.74 Å². The Morgan fingerprint density at radius 2 is 2.08 bits per heavy atom. The minimum atomic E-state index is -0.444. The number of ether oxygens (including phenoxy) is 1. The second-order valence-corrected chi connectivity index (χ2v) is 7.69. The minimum Gasteiger partial charge on any atom is -0.459 e. The summed E-state index contributed by atoms with van der Waals surface area (Å²) in [5.74, 6) is 0.200. The molecule has 1 saturated heterocycles. The number of piperidine rings is 1. The molecule has 0 radical (unpaired) electrons. The van der Waals surface area contributed by atoms with Gasteiger partial charge in [0.2, 0.25) is 0 Å². The highest BCUT2D eigenvalue weighted by atomic mass is 16.6. The third kappa shape index (κ3) is 3.43. The molecular weight excluding hydrogens is 304 g/mol. The number of likely N-dealkylation sites (N-methyl/N-ethyl adjacent to an activating group) is 1. The van der Waals surface area contributed by atoms with E-state index in [1.165, 1.54) is 0 Å². The molecule has 2 atom stereocenters. The van der Waals surface area contributed by atoms with Crippen molar-refractivity contribution >= 4 is 11.6 Å². The van der Waals surface area contributed by atoms with Crippen LogP contribution in [0.3, 0.4) is 0 Å². The van der Waals surface area contributed by atoms with Gasteiger partial charge in [0.05, 0.1) is 6.20 Å². The number of hydrogen-bond donors (Lipinski definition) is 0. The molecule has 0 amide bonds. The van der Waals surface area contributed by atoms with E-state index < -0.39 is 5.60 Å². The van der Waals surface area contributed by atoms with Gasteiger partial charge in [-0.2, -0.15) is 5.10 Å². The van der Waals surface area contributed by atoms with Crippen molar-refractivity contribution in [2.24, 2.45) is 0 Å². The first kappa shape index (κ1) is 16.9. The van der Waals surface area contributed by atoms with E-state index in [0.29, 0.717) is 5.92 Å². The lowest BCUT2D eigenvalue weighted by atomic mass is 9.90. The summed E-state index contributed by atoms with van der Waals surface area (Å²) in [6, 6.07) is 3.86. The number of nitrogens with zero attached hydrogens (tertiary/aromatic N) is 4. The van der Waals surface area contributed by atoms with Crippen molar-refractivity contribution in [2.75, 3.05) is 13.6 Å². The summed E-state index contributed by atoms with van der Waals surface area (Å²) in [4.78, 5) is 19.2. The number of carbonyl (C=O) groups is 1. The minimum absolute atomic E-state index is 0.126. The third-order valence-electron chi connectivity index (χ3n) is 4.48. The highest BCUT2D eigenvalue weighted by molar-refractivity contribution is 5.76. The number of likely N-dealkylation sites (tertiary alicyclic amines) is 1. The molecule has 0 aliphatic carbocycles. The molecular formula is C18H26N4O2. The Morgan fingerprint density at radius 3 is 2.75 bits per heavy atom. The molecule has 1 fully saturated rings. The molecule has 0 saturated carbocycles. The SMILES string of the molecule is Cc1cc(C2CCC(C(=O)OC(C)(C)C)N(C)C2)nc2ccnn12. The summed E-state index contributed by atoms with van der Waals surface area (Å²) < 4.78 is 7.39. The van der Waals surface area contributed by atoms with Crippen LogP contribution in [0, 0.1) is 6.92 Å². The van der Waals surface area contributed by atoms with Crippen LogP contribution in [0.5, 0.6) is 0 Å². The first-order chi connectivity index (χ1) is 11.2. The number of aromatic nitrogens is 3. The molecule has 130 valence electrons. The molecule has 24 heavy (non-hydrogen) atoms. The lowest BCUT2D eigenvalue weighted by Crippen LogP contribution is -2.47. The van der Waals surface area contributed by atoms with Crippen LogP contribution in [0.4, 0.5) is 0 Å². The smallest absolute Gasteiger partial charge is 0.323 e. The van der Waals surface area contributed by atoms with E-state index >= 15 is 0 Å². The van der Waals surface area contributed by atoms with Gasteiger partial charge in [-0.15, -0.1) is 0 Å². The van der Waals surface area contributed by atoms with Crippen LogP contribution < -0.4 is 0 Å². The highest BCUT2D eigenvalue weighted by Gasteiger charge is 2.34. The van der Waals surface area contributed by atoms with Crippen LogP contribution in [0.25, 0.3) is 5.65 Å². The van der Waals surface area contributed by atoms with E-state index in [0.717, 1.165) is 36.4 Å². The van der Waals surface area contributed by atoms with Crippen molar-refractivity contribution in [1.82, 2.24) is 19.5 Å². The molecule has 1 aliphatic heterocycles. The monoisotopic (exact) mass is 330 g/mol. The number of aryl methyl sites for hydroxylation is 1. The van der Waals surface area contributed by atoms with E-state index in [2.05, 4.69) is 16.1 Å². The van der Waals surface area contributed by atoms with Crippen LogP contribution in [0.1, 0.15) is 50.9 Å². The number of esters is 1. The Bertz CT molecular complexity index is 747. The maximum atomic E-state index is 12.4. The van der Waals surface area contributed by atoms with Crippen molar-refractivity contribution < 1.29 is 9.53 Å². The van der Waals surface area contributed by atoms with E-state index in [-0.39, 0.29) is 12.0 Å². The molecule has 0 aromatic carbocycles. The molecule has 2 aromatic heterocycles. The Balaban J connectivity index is 1.73. The van der Waals surface area contributed by atoms with E-state index in [1.54, 1.807) is 6.20 Å². The largest absolute Gasteiger partial charge is 0.459 e. The predicted octanol–water partition coefficient (Wildman–Crippen LogP) is 2.56. The maximum Gasteiger partial charge on any atom is 0.323 e. The van der Waals surface area contributed by atoms with Crippen LogP contribution in [-0.2, 0) is 9.53 Å². The van der Waals surface area contributed by atoms with Crippen LogP contribution in [-0.4, -0.2) is 50.7 Å². The molecule has 0 bridgehead atoms. The lowest BCUT2D eigenvalue weighted by molar-refractivity contribution is -0.162. The molecule has 1 aliphatic rings. The maximum absolute atomic E-state index is 12.4. The zero-order valence-electron chi connectivity index (χ0n) is 15.1. The van der Waals surface area contributed by atoms with Crippen molar-refractivity contribution in [2.45, 2.75) is 58.1 Å². The zero-order chi connectivity index (χ0) is 17.5. The van der Waals surface area contributed by atoms with Gasteiger partial charge in [-0.05, 0) is 53.7 Å². The Hall–Kier alpha value is -1.95. The van der Waals surface area contributed by atoms with Crippen molar-refractivity contribution in [3.05, 3.63) is 29.7 Å². The number of hydrogen-bond acceptors (Lipinski definition) is 5. The second kappa shape index (κ2) is 6.16. The summed E-state index contributed by atoms with van der Waals surface area (Å²) in [6.07, 6.45) is 3.50. The van der Waals surface area contributed by atoms with Gasteiger partial charge in [-0.25, -0.2) is 9.50 Å². The van der Waals surface area contributed by atoms with Gasteiger partial charge in [0.15, 0.2) is 5.65 Å². The Kier molecular flexibility index (Phi) is 4.34. The van der Waals surface area contributed by atoms with Crippen LogP contribution in [0.15, 0.2) is 18.3 Å². The van der Waals surface area contributed by atoms with E-state index in [1.807, 2.05) is 45.3 Å². The number of fused-ring (bicyclic) bond motifs is 1. The topological polar surface area (TPSA) is 59.7 Å². The van der Waals surface area contributed by atoms with Gasteiger partial charge in [0, 0.05) is 29.9 Å². The zero-order valence-corrected chi connectivity index (χ0v) is 15.1. The predicted molar refractivity (Wildman–Crippen MR) is 92.0 cm³/mol. The first-order valence-electron chi connectivity index (χ1n) is 8.49.